The zero-order chi connectivity index (χ0) is 17.8. The number of aromatic nitrogens is 2. The van der Waals surface area contributed by atoms with Gasteiger partial charge < -0.3 is 5.32 Å². The summed E-state index contributed by atoms with van der Waals surface area (Å²) in [6.45, 7) is 0.213. The molecule has 0 bridgehead atoms. The molecular weight excluding hydrogens is 338 g/mol. The van der Waals surface area contributed by atoms with Gasteiger partial charge in [-0.2, -0.15) is 5.10 Å². The quantitative estimate of drug-likeness (QED) is 0.735. The first kappa shape index (κ1) is 16.7. The zero-order valence-electron chi connectivity index (χ0n) is 13.2. The molecule has 0 atom stereocenters. The zero-order valence-corrected chi connectivity index (χ0v) is 14.0. The molecule has 0 spiro atoms. The Morgan fingerprint density at radius 3 is 2.56 bits per heavy atom. The van der Waals surface area contributed by atoms with Crippen molar-refractivity contribution in [3.8, 4) is 12.3 Å². The van der Waals surface area contributed by atoms with Crippen LogP contribution in [0.4, 0.5) is 0 Å². The maximum atomic E-state index is 12.4. The minimum absolute atomic E-state index is 0.0646. The van der Waals surface area contributed by atoms with Crippen molar-refractivity contribution in [1.82, 2.24) is 15.1 Å². The monoisotopic (exact) mass is 351 g/mol. The molecule has 124 valence electrons. The van der Waals surface area contributed by atoms with Gasteiger partial charge in [-0.3, -0.25) is 9.59 Å². The lowest BCUT2D eigenvalue weighted by Gasteiger charge is -2.11. The highest BCUT2D eigenvalue weighted by Crippen LogP contribution is 2.16. The number of carbonyl (C=O) groups is 1. The van der Waals surface area contributed by atoms with Crippen molar-refractivity contribution in [3.05, 3.63) is 75.2 Å². The number of carbonyl (C=O) groups excluding carboxylic acids is 1. The molecule has 0 aliphatic rings. The fourth-order valence-electron chi connectivity index (χ4n) is 2.53. The van der Waals surface area contributed by atoms with Crippen LogP contribution >= 0.6 is 11.6 Å². The summed E-state index contributed by atoms with van der Waals surface area (Å²) in [4.78, 5) is 24.7. The van der Waals surface area contributed by atoms with Gasteiger partial charge in [-0.25, -0.2) is 4.68 Å². The number of nitrogens with one attached hydrogen (secondary N) is 1. The second kappa shape index (κ2) is 7.20. The fraction of sp³-hybridized carbons (Fsp3) is 0.105. The Balaban J connectivity index is 1.95. The Kier molecular flexibility index (Phi) is 4.82. The van der Waals surface area contributed by atoms with Gasteiger partial charge in [-0.05, 0) is 18.2 Å². The molecule has 1 amide bonds. The maximum Gasteiger partial charge on any atom is 0.275 e. The summed E-state index contributed by atoms with van der Waals surface area (Å²) in [5.41, 5.74) is 0.686. The van der Waals surface area contributed by atoms with Crippen molar-refractivity contribution in [3.63, 3.8) is 0 Å². The van der Waals surface area contributed by atoms with Crippen LogP contribution in [0.3, 0.4) is 0 Å². The van der Waals surface area contributed by atoms with Gasteiger partial charge in [0.05, 0.1) is 28.2 Å². The molecule has 1 aromatic heterocycles. The van der Waals surface area contributed by atoms with Crippen molar-refractivity contribution >= 4 is 28.3 Å². The Hall–Kier alpha value is -3.10. The van der Waals surface area contributed by atoms with Crippen LogP contribution in [0.2, 0.25) is 5.02 Å². The number of hydrogen-bond donors (Lipinski definition) is 1. The van der Waals surface area contributed by atoms with Crippen LogP contribution in [0, 0.1) is 12.3 Å². The van der Waals surface area contributed by atoms with Crippen LogP contribution in [-0.4, -0.2) is 15.7 Å². The van der Waals surface area contributed by atoms with Crippen LogP contribution in [0.25, 0.3) is 10.8 Å². The van der Waals surface area contributed by atoms with Crippen molar-refractivity contribution in [1.29, 1.82) is 0 Å². The summed E-state index contributed by atoms with van der Waals surface area (Å²) >= 11 is 6.04. The molecule has 0 fully saturated rings. The van der Waals surface area contributed by atoms with E-state index in [4.69, 9.17) is 18.0 Å². The summed E-state index contributed by atoms with van der Waals surface area (Å²) in [5.74, 6) is 2.10. The Bertz CT molecular complexity index is 1050. The van der Waals surface area contributed by atoms with E-state index in [-0.39, 0.29) is 24.6 Å². The number of amides is 1. The van der Waals surface area contributed by atoms with Crippen LogP contribution < -0.4 is 10.9 Å². The predicted octanol–water partition coefficient (Wildman–Crippen LogP) is 2.61. The van der Waals surface area contributed by atoms with E-state index in [1.807, 2.05) is 6.07 Å². The third-order valence-electron chi connectivity index (χ3n) is 3.72. The molecule has 1 N–H and O–H groups in total. The van der Waals surface area contributed by atoms with Crippen LogP contribution in [0.1, 0.15) is 16.1 Å². The van der Waals surface area contributed by atoms with E-state index in [0.29, 0.717) is 27.1 Å². The molecule has 0 radical (unpaired) electrons. The summed E-state index contributed by atoms with van der Waals surface area (Å²) in [6, 6.07) is 13.9. The molecule has 25 heavy (non-hydrogen) atoms. The summed E-state index contributed by atoms with van der Waals surface area (Å²) in [7, 11) is 0. The second-order valence-electron chi connectivity index (χ2n) is 5.32. The maximum absolute atomic E-state index is 12.4. The second-order valence-corrected chi connectivity index (χ2v) is 5.73. The third kappa shape index (κ3) is 3.39. The molecule has 2 aromatic carbocycles. The average molecular weight is 352 g/mol. The molecule has 0 aliphatic heterocycles. The first-order valence-electron chi connectivity index (χ1n) is 7.56. The molecule has 0 aliphatic carbocycles. The molecule has 1 heterocycles. The van der Waals surface area contributed by atoms with Crippen molar-refractivity contribution in [2.75, 3.05) is 0 Å². The largest absolute Gasteiger partial charge is 0.346 e. The molecule has 3 rings (SSSR count). The third-order valence-corrected chi connectivity index (χ3v) is 4.05. The number of halogens is 1. The van der Waals surface area contributed by atoms with Gasteiger partial charge in [0.15, 0.2) is 0 Å². The molecular formula is C19H14ClN3O2. The summed E-state index contributed by atoms with van der Waals surface area (Å²) < 4.78 is 1.22. The smallest absolute Gasteiger partial charge is 0.275 e. The van der Waals surface area contributed by atoms with E-state index >= 15 is 0 Å². The molecule has 0 saturated carbocycles. The number of nitrogens with zero attached hydrogens (tertiary/aromatic N) is 2. The molecule has 0 unspecified atom stereocenters. The summed E-state index contributed by atoms with van der Waals surface area (Å²) in [6.07, 6.45) is 5.30. The lowest BCUT2D eigenvalue weighted by atomic mass is 10.1. The standard InChI is InChI=1S/C19H14ClN3O2/c1-2-11-23-19(25)14-8-4-3-7-13(14)17(22-23)12-21-18(24)15-9-5-6-10-16(15)20/h1,3-10H,11-12H2,(H,21,24). The van der Waals surface area contributed by atoms with Gasteiger partial charge in [0.2, 0.25) is 0 Å². The van der Waals surface area contributed by atoms with Gasteiger partial charge in [-0.1, -0.05) is 47.9 Å². The minimum atomic E-state index is -0.314. The van der Waals surface area contributed by atoms with Crippen molar-refractivity contribution in [2.24, 2.45) is 0 Å². The van der Waals surface area contributed by atoms with E-state index in [1.54, 1.807) is 42.5 Å². The van der Waals surface area contributed by atoms with Crippen molar-refractivity contribution in [2.45, 2.75) is 13.1 Å². The Labute approximate surface area is 149 Å². The number of rotatable bonds is 4. The van der Waals surface area contributed by atoms with E-state index in [2.05, 4.69) is 16.3 Å². The van der Waals surface area contributed by atoms with E-state index in [0.717, 1.165) is 0 Å². The lowest BCUT2D eigenvalue weighted by Crippen LogP contribution is -2.28. The molecule has 0 saturated heterocycles. The molecule has 5 nitrogen and oxygen atoms in total. The minimum Gasteiger partial charge on any atom is -0.346 e. The molecule has 3 aromatic rings. The van der Waals surface area contributed by atoms with E-state index in [9.17, 15) is 9.59 Å². The van der Waals surface area contributed by atoms with Gasteiger partial charge in [0, 0.05) is 5.39 Å². The Morgan fingerprint density at radius 2 is 1.84 bits per heavy atom. The highest BCUT2D eigenvalue weighted by Gasteiger charge is 2.13. The van der Waals surface area contributed by atoms with Crippen LogP contribution in [-0.2, 0) is 13.1 Å². The van der Waals surface area contributed by atoms with Crippen LogP contribution in [0.5, 0.6) is 0 Å². The average Bonchev–Trinajstić information content (AvgIpc) is 2.63. The topological polar surface area (TPSA) is 64.0 Å². The van der Waals surface area contributed by atoms with Gasteiger partial charge >= 0.3 is 0 Å². The summed E-state index contributed by atoms with van der Waals surface area (Å²) in [5, 5.41) is 8.64. The fourth-order valence-corrected chi connectivity index (χ4v) is 2.76. The Morgan fingerprint density at radius 1 is 1.16 bits per heavy atom. The van der Waals surface area contributed by atoms with E-state index in [1.165, 1.54) is 4.68 Å². The van der Waals surface area contributed by atoms with Crippen LogP contribution in [0.15, 0.2) is 53.3 Å². The van der Waals surface area contributed by atoms with Gasteiger partial charge in [0.1, 0.15) is 6.54 Å². The lowest BCUT2D eigenvalue weighted by molar-refractivity contribution is 0.0950. The number of fused-ring (bicyclic) bond motifs is 1. The highest BCUT2D eigenvalue weighted by molar-refractivity contribution is 6.33. The van der Waals surface area contributed by atoms with Gasteiger partial charge in [0.25, 0.3) is 11.5 Å². The number of benzene rings is 2. The number of hydrogen-bond acceptors (Lipinski definition) is 3. The van der Waals surface area contributed by atoms with E-state index < -0.39 is 0 Å². The highest BCUT2D eigenvalue weighted by atomic mass is 35.5. The first-order valence-corrected chi connectivity index (χ1v) is 7.94. The van der Waals surface area contributed by atoms with Crippen molar-refractivity contribution < 1.29 is 4.79 Å². The first-order chi connectivity index (χ1) is 12.1. The predicted molar refractivity (Wildman–Crippen MR) is 97.5 cm³/mol. The normalized spacial score (nSPS) is 10.4. The SMILES string of the molecule is C#CCn1nc(CNC(=O)c2ccccc2Cl)c2ccccc2c1=O. The molecule has 6 heteroatoms. The number of terminal acetylenes is 1. The van der Waals surface area contributed by atoms with Gasteiger partial charge in [-0.15, -0.1) is 6.42 Å².